The van der Waals surface area contributed by atoms with Crippen LogP contribution in [0.2, 0.25) is 0 Å². The summed E-state index contributed by atoms with van der Waals surface area (Å²) in [7, 11) is 2.15. The summed E-state index contributed by atoms with van der Waals surface area (Å²) in [6, 6.07) is 6.30. The average Bonchev–Trinajstić information content (AvgIpc) is 2.88. The number of hydrogen-bond acceptors (Lipinski definition) is 7. The van der Waals surface area contributed by atoms with Crippen LogP contribution < -0.4 is 4.74 Å². The minimum Gasteiger partial charge on any atom is -0.493 e. The average molecular weight is 618 g/mol. The van der Waals surface area contributed by atoms with E-state index in [0.717, 1.165) is 90.3 Å². The number of benzene rings is 1. The summed E-state index contributed by atoms with van der Waals surface area (Å²) in [5.41, 5.74) is 4.95. The molecule has 1 atom stereocenters. The van der Waals surface area contributed by atoms with Crippen molar-refractivity contribution in [3.05, 3.63) is 45.2 Å². The molecule has 0 bridgehead atoms. The van der Waals surface area contributed by atoms with Crippen molar-refractivity contribution in [3.8, 4) is 16.9 Å². The molecule has 0 spiro atoms. The van der Waals surface area contributed by atoms with Crippen molar-refractivity contribution in [1.29, 1.82) is 0 Å². The molecule has 0 amide bonds. The number of aromatic nitrogens is 1. The molecule has 40 heavy (non-hydrogen) atoms. The van der Waals surface area contributed by atoms with Gasteiger partial charge in [0.15, 0.2) is 6.10 Å². The first-order chi connectivity index (χ1) is 18.9. The summed E-state index contributed by atoms with van der Waals surface area (Å²) in [6.45, 7) is 15.6. The number of pyridine rings is 1. The first kappa shape index (κ1) is 30.9. The molecule has 1 aromatic heterocycles. The maximum atomic E-state index is 13.6. The second kappa shape index (κ2) is 13.3. The summed E-state index contributed by atoms with van der Waals surface area (Å²) in [6.07, 6.45) is 2.92. The maximum absolute atomic E-state index is 13.6. The molecule has 2 aliphatic heterocycles. The van der Waals surface area contributed by atoms with Gasteiger partial charge in [-0.3, -0.25) is 4.98 Å². The van der Waals surface area contributed by atoms with E-state index in [4.69, 9.17) is 23.9 Å². The Morgan fingerprint density at radius 2 is 1.93 bits per heavy atom. The number of halogens is 1. The minimum atomic E-state index is -0.928. The summed E-state index contributed by atoms with van der Waals surface area (Å²) >= 11 is 3.95. The zero-order valence-electron chi connectivity index (χ0n) is 25.1. The van der Waals surface area contributed by atoms with Crippen LogP contribution in [0.1, 0.15) is 82.5 Å². The van der Waals surface area contributed by atoms with Crippen LogP contribution in [0.5, 0.6) is 5.75 Å². The molecular weight excluding hydrogens is 572 g/mol. The number of ether oxygens (including phenoxy) is 4. The van der Waals surface area contributed by atoms with E-state index in [9.17, 15) is 4.79 Å². The number of rotatable bonds is 9. The Kier molecular flexibility index (Phi) is 10.3. The van der Waals surface area contributed by atoms with Gasteiger partial charge >= 0.3 is 5.97 Å². The third kappa shape index (κ3) is 7.84. The topological polar surface area (TPSA) is 70.1 Å². The van der Waals surface area contributed by atoms with E-state index in [0.29, 0.717) is 12.5 Å². The van der Waals surface area contributed by atoms with Crippen molar-refractivity contribution in [2.75, 3.05) is 33.4 Å². The molecule has 4 rings (SSSR count). The Hall–Kier alpha value is -2.00. The number of hydrogen-bond donors (Lipinski definition) is 0. The van der Waals surface area contributed by atoms with Gasteiger partial charge < -0.3 is 23.8 Å². The molecule has 1 aromatic carbocycles. The van der Waals surface area contributed by atoms with Crippen molar-refractivity contribution < 1.29 is 23.7 Å². The van der Waals surface area contributed by atoms with E-state index in [1.807, 2.05) is 47.6 Å². The molecule has 0 unspecified atom stereocenters. The number of esters is 1. The minimum absolute atomic E-state index is 0.266. The van der Waals surface area contributed by atoms with Crippen LogP contribution in [0.25, 0.3) is 11.1 Å². The van der Waals surface area contributed by atoms with Crippen molar-refractivity contribution >= 4 is 21.9 Å². The van der Waals surface area contributed by atoms with Crippen LogP contribution in [0, 0.1) is 12.8 Å². The third-order valence-electron chi connectivity index (χ3n) is 7.26. The van der Waals surface area contributed by atoms with Crippen LogP contribution in [0.15, 0.2) is 22.7 Å². The van der Waals surface area contributed by atoms with Gasteiger partial charge in [-0.1, -0.05) is 6.07 Å². The predicted octanol–water partition coefficient (Wildman–Crippen LogP) is 6.81. The molecule has 0 N–H and O–H groups in total. The third-order valence-corrected chi connectivity index (χ3v) is 8.12. The number of nitrogens with zero attached hydrogens (tertiary/aromatic N) is 2. The van der Waals surface area contributed by atoms with E-state index in [2.05, 4.69) is 40.0 Å². The number of carbonyl (C=O) groups excluding carboxylic acids is 1. The Morgan fingerprint density at radius 1 is 1.20 bits per heavy atom. The van der Waals surface area contributed by atoms with E-state index in [-0.39, 0.29) is 6.10 Å². The summed E-state index contributed by atoms with van der Waals surface area (Å²) in [4.78, 5) is 21.0. The van der Waals surface area contributed by atoms with Gasteiger partial charge in [-0.2, -0.15) is 0 Å². The zero-order valence-corrected chi connectivity index (χ0v) is 26.7. The standard InChI is InChI=1S/C32H45BrN2O5/c1-20(2)39-31(36)30(40-32(4,5)6)27-21(3)34-25(19-35(7)18-22-12-15-37-16-13-22)29(33)28(27)24-10-11-26-23(17-24)9-8-14-38-26/h10-11,17,20,22,30H,8-9,12-16,18-19H2,1-7H3/t30-/m0/s1. The predicted molar refractivity (Wildman–Crippen MR) is 161 cm³/mol. The molecule has 220 valence electrons. The molecule has 2 aliphatic rings. The van der Waals surface area contributed by atoms with Crippen LogP contribution in [-0.4, -0.2) is 61.0 Å². The SMILES string of the molecule is Cc1nc(CN(C)CC2CCOCC2)c(Br)c(-c2ccc3c(c2)CCCO3)c1[C@H](OC(C)(C)C)C(=O)OC(C)C. The molecule has 2 aromatic rings. The van der Waals surface area contributed by atoms with Crippen molar-refractivity contribution in [3.63, 3.8) is 0 Å². The smallest absolute Gasteiger partial charge is 0.340 e. The molecule has 1 fully saturated rings. The van der Waals surface area contributed by atoms with Gasteiger partial charge in [0, 0.05) is 47.6 Å². The highest BCUT2D eigenvalue weighted by Gasteiger charge is 2.35. The lowest BCUT2D eigenvalue weighted by atomic mass is 9.91. The molecule has 0 aliphatic carbocycles. The largest absolute Gasteiger partial charge is 0.493 e. The number of fused-ring (bicyclic) bond motifs is 1. The van der Waals surface area contributed by atoms with Crippen LogP contribution in [0.4, 0.5) is 0 Å². The van der Waals surface area contributed by atoms with Gasteiger partial charge in [0.05, 0.1) is 24.0 Å². The molecule has 0 radical (unpaired) electrons. The first-order valence-electron chi connectivity index (χ1n) is 14.5. The highest BCUT2D eigenvalue weighted by molar-refractivity contribution is 9.10. The molecular formula is C32H45BrN2O5. The number of carbonyl (C=O) groups is 1. The molecule has 8 heteroatoms. The normalized spacial score (nSPS) is 17.1. The lowest BCUT2D eigenvalue weighted by Gasteiger charge is -2.31. The summed E-state index contributed by atoms with van der Waals surface area (Å²) in [5, 5.41) is 0. The van der Waals surface area contributed by atoms with Gasteiger partial charge in [0.2, 0.25) is 0 Å². The van der Waals surface area contributed by atoms with Crippen LogP contribution in [-0.2, 0) is 32.0 Å². The highest BCUT2D eigenvalue weighted by Crippen LogP contribution is 2.43. The van der Waals surface area contributed by atoms with Crippen molar-refractivity contribution in [1.82, 2.24) is 9.88 Å². The molecule has 3 heterocycles. The van der Waals surface area contributed by atoms with Gasteiger partial charge in [-0.05, 0) is 119 Å². The fourth-order valence-corrected chi connectivity index (χ4v) is 6.20. The van der Waals surface area contributed by atoms with Gasteiger partial charge in [-0.15, -0.1) is 0 Å². The quantitative estimate of drug-likeness (QED) is 0.287. The van der Waals surface area contributed by atoms with E-state index in [1.54, 1.807) is 0 Å². The van der Waals surface area contributed by atoms with E-state index < -0.39 is 17.7 Å². The van der Waals surface area contributed by atoms with E-state index >= 15 is 0 Å². The fourth-order valence-electron chi connectivity index (χ4n) is 5.54. The van der Waals surface area contributed by atoms with Gasteiger partial charge in [0.25, 0.3) is 0 Å². The second-order valence-corrected chi connectivity index (χ2v) is 13.2. The fraction of sp³-hybridized carbons (Fsp3) is 0.625. The maximum Gasteiger partial charge on any atom is 0.340 e. The molecule has 1 saturated heterocycles. The second-order valence-electron chi connectivity index (χ2n) is 12.4. The lowest BCUT2D eigenvalue weighted by Crippen LogP contribution is -2.32. The van der Waals surface area contributed by atoms with Gasteiger partial charge in [-0.25, -0.2) is 4.79 Å². The molecule has 0 saturated carbocycles. The lowest BCUT2D eigenvalue weighted by molar-refractivity contribution is -0.171. The van der Waals surface area contributed by atoms with Crippen molar-refractivity contribution in [2.24, 2.45) is 5.92 Å². The van der Waals surface area contributed by atoms with Crippen molar-refractivity contribution in [2.45, 2.75) is 91.6 Å². The number of aryl methyl sites for hydroxylation is 2. The summed E-state index contributed by atoms with van der Waals surface area (Å²) < 4.78 is 24.5. The Balaban J connectivity index is 1.82. The van der Waals surface area contributed by atoms with E-state index in [1.165, 1.54) is 5.56 Å². The Morgan fingerprint density at radius 3 is 2.60 bits per heavy atom. The first-order valence-corrected chi connectivity index (χ1v) is 15.3. The Labute approximate surface area is 248 Å². The monoisotopic (exact) mass is 616 g/mol. The van der Waals surface area contributed by atoms with Crippen LogP contribution >= 0.6 is 15.9 Å². The molecule has 7 nitrogen and oxygen atoms in total. The van der Waals surface area contributed by atoms with Crippen LogP contribution in [0.3, 0.4) is 0 Å². The summed E-state index contributed by atoms with van der Waals surface area (Å²) in [5.74, 6) is 1.14. The van der Waals surface area contributed by atoms with Gasteiger partial charge in [0.1, 0.15) is 5.75 Å². The zero-order chi connectivity index (χ0) is 29.0. The highest BCUT2D eigenvalue weighted by atomic mass is 79.9. The Bertz CT molecular complexity index is 1190.